The van der Waals surface area contributed by atoms with E-state index in [1.165, 1.54) is 0 Å². The molecule has 0 fully saturated rings. The summed E-state index contributed by atoms with van der Waals surface area (Å²) in [5.41, 5.74) is -0.964. The second-order valence-electron chi connectivity index (χ2n) is 4.33. The molecule has 0 bridgehead atoms. The van der Waals surface area contributed by atoms with Crippen molar-refractivity contribution < 1.29 is 14.6 Å². The fourth-order valence-corrected chi connectivity index (χ4v) is 1.64. The summed E-state index contributed by atoms with van der Waals surface area (Å²) in [4.78, 5) is 11.1. The summed E-state index contributed by atoms with van der Waals surface area (Å²) in [6.45, 7) is 3.52. The lowest BCUT2D eigenvalue weighted by molar-refractivity contribution is -0.145. The van der Waals surface area contributed by atoms with Crippen LogP contribution in [0.1, 0.15) is 20.3 Å². The molecule has 2 atom stereocenters. The molecule has 4 heteroatoms. The summed E-state index contributed by atoms with van der Waals surface area (Å²) < 4.78 is 5.66. The third-order valence-electron chi connectivity index (χ3n) is 2.80. The maximum Gasteiger partial charge on any atom is 0.323 e. The van der Waals surface area contributed by atoms with Gasteiger partial charge in [-0.1, -0.05) is 18.2 Å². The number of likely N-dealkylation sites (N-methyl/N-ethyl adjacent to an activating group) is 1. The molecule has 0 aliphatic carbocycles. The number of carbonyl (C=O) groups is 1. The first-order valence-electron chi connectivity index (χ1n) is 5.62. The lowest BCUT2D eigenvalue weighted by Crippen LogP contribution is -2.50. The van der Waals surface area contributed by atoms with Gasteiger partial charge in [0.15, 0.2) is 0 Å². The van der Waals surface area contributed by atoms with Crippen LogP contribution in [-0.2, 0) is 4.79 Å². The number of carboxylic acids is 1. The second-order valence-corrected chi connectivity index (χ2v) is 4.33. The van der Waals surface area contributed by atoms with Crippen LogP contribution in [0.3, 0.4) is 0 Å². The molecule has 1 aromatic carbocycles. The predicted molar refractivity (Wildman–Crippen MR) is 66.2 cm³/mol. The third kappa shape index (κ3) is 3.75. The summed E-state index contributed by atoms with van der Waals surface area (Å²) in [6, 6.07) is 9.39. The maximum atomic E-state index is 11.1. The fraction of sp³-hybridized carbons (Fsp3) is 0.462. The Labute approximate surface area is 102 Å². The van der Waals surface area contributed by atoms with Gasteiger partial charge in [0.05, 0.1) is 6.10 Å². The van der Waals surface area contributed by atoms with E-state index in [9.17, 15) is 4.79 Å². The Balaban J connectivity index is 2.60. The number of benzene rings is 1. The van der Waals surface area contributed by atoms with E-state index in [-0.39, 0.29) is 6.10 Å². The first-order chi connectivity index (χ1) is 7.98. The monoisotopic (exact) mass is 237 g/mol. The van der Waals surface area contributed by atoms with Crippen LogP contribution in [0.4, 0.5) is 0 Å². The SMILES string of the molecule is CNC(C)(CC(C)Oc1ccccc1)C(=O)O. The van der Waals surface area contributed by atoms with Crippen LogP contribution >= 0.6 is 0 Å². The van der Waals surface area contributed by atoms with E-state index in [1.807, 2.05) is 37.3 Å². The molecule has 0 aliphatic heterocycles. The van der Waals surface area contributed by atoms with Crippen molar-refractivity contribution in [2.45, 2.75) is 31.9 Å². The summed E-state index contributed by atoms with van der Waals surface area (Å²) in [5.74, 6) is -0.118. The smallest absolute Gasteiger partial charge is 0.323 e. The molecule has 0 aromatic heterocycles. The number of carboxylic acid groups (broad SMARTS) is 1. The Hall–Kier alpha value is -1.55. The van der Waals surface area contributed by atoms with E-state index in [1.54, 1.807) is 14.0 Å². The van der Waals surface area contributed by atoms with Crippen molar-refractivity contribution in [2.24, 2.45) is 0 Å². The van der Waals surface area contributed by atoms with Gasteiger partial charge in [-0.15, -0.1) is 0 Å². The van der Waals surface area contributed by atoms with Gasteiger partial charge >= 0.3 is 5.97 Å². The second kappa shape index (κ2) is 5.68. The van der Waals surface area contributed by atoms with Gasteiger partial charge in [0.25, 0.3) is 0 Å². The van der Waals surface area contributed by atoms with Gasteiger partial charge in [0.2, 0.25) is 0 Å². The van der Waals surface area contributed by atoms with Gasteiger partial charge in [0.1, 0.15) is 11.3 Å². The molecule has 0 amide bonds. The van der Waals surface area contributed by atoms with Gasteiger partial charge in [-0.05, 0) is 33.0 Å². The number of para-hydroxylation sites is 1. The van der Waals surface area contributed by atoms with Crippen molar-refractivity contribution in [3.05, 3.63) is 30.3 Å². The molecule has 1 aromatic rings. The molecular weight excluding hydrogens is 218 g/mol. The summed E-state index contributed by atoms with van der Waals surface area (Å²) in [7, 11) is 1.64. The number of rotatable bonds is 6. The van der Waals surface area contributed by atoms with Crippen molar-refractivity contribution in [2.75, 3.05) is 7.05 Å². The van der Waals surface area contributed by atoms with Crippen molar-refractivity contribution in [1.29, 1.82) is 0 Å². The van der Waals surface area contributed by atoms with Crippen molar-refractivity contribution in [3.63, 3.8) is 0 Å². The van der Waals surface area contributed by atoms with E-state index in [2.05, 4.69) is 5.32 Å². The summed E-state index contributed by atoms with van der Waals surface area (Å²) in [5, 5.41) is 11.9. The molecule has 0 aliphatic rings. The van der Waals surface area contributed by atoms with Gasteiger partial charge in [-0.3, -0.25) is 4.79 Å². The highest BCUT2D eigenvalue weighted by molar-refractivity contribution is 5.78. The predicted octanol–water partition coefficient (Wildman–Crippen LogP) is 1.91. The largest absolute Gasteiger partial charge is 0.491 e. The van der Waals surface area contributed by atoms with Crippen LogP contribution in [0.15, 0.2) is 30.3 Å². The molecule has 0 spiro atoms. The highest BCUT2D eigenvalue weighted by Crippen LogP contribution is 2.18. The van der Waals surface area contributed by atoms with E-state index < -0.39 is 11.5 Å². The third-order valence-corrected chi connectivity index (χ3v) is 2.80. The molecule has 0 heterocycles. The number of ether oxygens (including phenoxy) is 1. The van der Waals surface area contributed by atoms with Crippen molar-refractivity contribution >= 4 is 5.97 Å². The van der Waals surface area contributed by atoms with Gasteiger partial charge in [0, 0.05) is 6.42 Å². The van der Waals surface area contributed by atoms with Crippen LogP contribution in [0, 0.1) is 0 Å². The summed E-state index contributed by atoms with van der Waals surface area (Å²) in [6.07, 6.45) is 0.222. The van der Waals surface area contributed by atoms with Gasteiger partial charge < -0.3 is 15.2 Å². The molecule has 2 N–H and O–H groups in total. The van der Waals surface area contributed by atoms with Crippen LogP contribution in [0.25, 0.3) is 0 Å². The zero-order valence-corrected chi connectivity index (χ0v) is 10.4. The van der Waals surface area contributed by atoms with Crippen LogP contribution in [0.5, 0.6) is 5.75 Å². The lowest BCUT2D eigenvalue weighted by Gasteiger charge is -2.27. The summed E-state index contributed by atoms with van der Waals surface area (Å²) >= 11 is 0. The molecule has 0 saturated heterocycles. The molecule has 94 valence electrons. The molecule has 2 unspecified atom stereocenters. The Bertz CT molecular complexity index is 366. The Kier molecular flexibility index (Phi) is 4.52. The average Bonchev–Trinajstić information content (AvgIpc) is 2.29. The van der Waals surface area contributed by atoms with Crippen LogP contribution in [0.2, 0.25) is 0 Å². The standard InChI is InChI=1S/C13H19NO3/c1-10(9-13(2,14-3)12(15)16)17-11-7-5-4-6-8-11/h4-8,10,14H,9H2,1-3H3,(H,15,16). The van der Waals surface area contributed by atoms with Crippen LogP contribution < -0.4 is 10.1 Å². The highest BCUT2D eigenvalue weighted by atomic mass is 16.5. The number of nitrogens with one attached hydrogen (secondary N) is 1. The maximum absolute atomic E-state index is 11.1. The first-order valence-corrected chi connectivity index (χ1v) is 5.62. The first kappa shape index (κ1) is 13.5. The normalized spacial score (nSPS) is 15.9. The average molecular weight is 237 g/mol. The minimum atomic E-state index is -0.964. The Morgan fingerprint density at radius 2 is 2.06 bits per heavy atom. The van der Waals surface area contributed by atoms with E-state index in [4.69, 9.17) is 9.84 Å². The minimum absolute atomic E-state index is 0.175. The fourth-order valence-electron chi connectivity index (χ4n) is 1.64. The minimum Gasteiger partial charge on any atom is -0.491 e. The number of hydrogen-bond acceptors (Lipinski definition) is 3. The molecule has 0 saturated carbocycles. The van der Waals surface area contributed by atoms with E-state index in [0.717, 1.165) is 5.75 Å². The Morgan fingerprint density at radius 3 is 2.53 bits per heavy atom. The number of hydrogen-bond donors (Lipinski definition) is 2. The molecule has 1 rings (SSSR count). The number of aliphatic carboxylic acids is 1. The van der Waals surface area contributed by atoms with Crippen molar-refractivity contribution in [1.82, 2.24) is 5.32 Å². The Morgan fingerprint density at radius 1 is 1.47 bits per heavy atom. The molecular formula is C13H19NO3. The van der Waals surface area contributed by atoms with Crippen LogP contribution in [-0.4, -0.2) is 29.8 Å². The highest BCUT2D eigenvalue weighted by Gasteiger charge is 2.33. The zero-order valence-electron chi connectivity index (χ0n) is 10.4. The molecule has 4 nitrogen and oxygen atoms in total. The molecule has 17 heavy (non-hydrogen) atoms. The zero-order chi connectivity index (χ0) is 12.9. The van der Waals surface area contributed by atoms with Gasteiger partial charge in [-0.25, -0.2) is 0 Å². The lowest BCUT2D eigenvalue weighted by atomic mass is 9.95. The van der Waals surface area contributed by atoms with Gasteiger partial charge in [-0.2, -0.15) is 0 Å². The molecule has 0 radical (unpaired) electrons. The van der Waals surface area contributed by atoms with E-state index >= 15 is 0 Å². The van der Waals surface area contributed by atoms with E-state index in [0.29, 0.717) is 6.42 Å². The van der Waals surface area contributed by atoms with Crippen molar-refractivity contribution in [3.8, 4) is 5.75 Å². The quantitative estimate of drug-likeness (QED) is 0.793. The topological polar surface area (TPSA) is 58.6 Å².